The zero-order valence-corrected chi connectivity index (χ0v) is 14.6. The average molecular weight is 363 g/mol. The predicted molar refractivity (Wildman–Crippen MR) is 91.9 cm³/mol. The first-order valence-corrected chi connectivity index (χ1v) is 9.14. The van der Waals surface area contributed by atoms with Gasteiger partial charge in [0, 0.05) is 24.9 Å². The minimum absolute atomic E-state index is 0.0810. The van der Waals surface area contributed by atoms with Crippen LogP contribution in [-0.2, 0) is 16.3 Å². The van der Waals surface area contributed by atoms with Crippen molar-refractivity contribution in [3.8, 4) is 0 Å². The van der Waals surface area contributed by atoms with Crippen molar-refractivity contribution in [1.82, 2.24) is 14.6 Å². The van der Waals surface area contributed by atoms with Crippen LogP contribution in [0.5, 0.6) is 0 Å². The summed E-state index contributed by atoms with van der Waals surface area (Å²) in [5.41, 5.74) is 7.17. The standard InChI is InChI=1S/C16H18FN5O2S/c1-10-8-12(6-7-18)20-16-14(15(19-2)21-22(10)16)25(23,24)13-5-3-4-11(17)9-13/h3-5,8-9H,6-7,18H2,1-2H3,(H,19,21). The molecule has 0 saturated carbocycles. The van der Waals surface area contributed by atoms with E-state index in [1.807, 2.05) is 6.07 Å². The molecule has 3 aromatic rings. The van der Waals surface area contributed by atoms with Crippen LogP contribution in [-0.4, -0.2) is 36.6 Å². The molecule has 0 amide bonds. The molecule has 0 aliphatic carbocycles. The number of sulfone groups is 1. The van der Waals surface area contributed by atoms with E-state index >= 15 is 0 Å². The highest BCUT2D eigenvalue weighted by Crippen LogP contribution is 2.31. The molecule has 0 fully saturated rings. The molecule has 0 atom stereocenters. The predicted octanol–water partition coefficient (Wildman–Crippen LogP) is 1.55. The van der Waals surface area contributed by atoms with Crippen molar-refractivity contribution in [1.29, 1.82) is 0 Å². The third-order valence-corrected chi connectivity index (χ3v) is 5.58. The summed E-state index contributed by atoms with van der Waals surface area (Å²) in [6.45, 7) is 2.20. The smallest absolute Gasteiger partial charge is 0.214 e. The summed E-state index contributed by atoms with van der Waals surface area (Å²) in [6, 6.07) is 6.68. The first kappa shape index (κ1) is 17.3. The minimum atomic E-state index is -4.02. The van der Waals surface area contributed by atoms with Gasteiger partial charge in [0.05, 0.1) is 4.90 Å². The average Bonchev–Trinajstić information content (AvgIpc) is 2.95. The minimum Gasteiger partial charge on any atom is -0.370 e. The van der Waals surface area contributed by atoms with Gasteiger partial charge in [0.15, 0.2) is 16.4 Å². The maximum atomic E-state index is 13.5. The normalized spacial score (nSPS) is 11.8. The lowest BCUT2D eigenvalue weighted by Gasteiger charge is -2.07. The topological polar surface area (TPSA) is 102 Å². The molecule has 2 aromatic heterocycles. The number of hydrogen-bond acceptors (Lipinski definition) is 6. The van der Waals surface area contributed by atoms with Gasteiger partial charge in [-0.3, -0.25) is 0 Å². The molecular weight excluding hydrogens is 345 g/mol. The van der Waals surface area contributed by atoms with Gasteiger partial charge in [-0.05, 0) is 37.7 Å². The highest BCUT2D eigenvalue weighted by molar-refractivity contribution is 7.91. The molecule has 25 heavy (non-hydrogen) atoms. The third-order valence-electron chi connectivity index (χ3n) is 3.79. The molecule has 2 heterocycles. The highest BCUT2D eigenvalue weighted by atomic mass is 32.2. The molecular formula is C16H18FN5O2S. The molecule has 0 aliphatic heterocycles. The van der Waals surface area contributed by atoms with E-state index in [1.54, 1.807) is 14.0 Å². The molecule has 0 radical (unpaired) electrons. The SMILES string of the molecule is CNc1nn2c(C)cc(CCN)nc2c1S(=O)(=O)c1cccc(F)c1. The van der Waals surface area contributed by atoms with Crippen LogP contribution >= 0.6 is 0 Å². The number of hydrogen-bond donors (Lipinski definition) is 2. The van der Waals surface area contributed by atoms with E-state index in [2.05, 4.69) is 15.4 Å². The van der Waals surface area contributed by atoms with Crippen molar-refractivity contribution in [3.63, 3.8) is 0 Å². The van der Waals surface area contributed by atoms with Crippen LogP contribution in [0.4, 0.5) is 10.2 Å². The van der Waals surface area contributed by atoms with Gasteiger partial charge in [-0.15, -0.1) is 5.10 Å². The van der Waals surface area contributed by atoms with Crippen LogP contribution in [0.2, 0.25) is 0 Å². The Kier molecular flexibility index (Phi) is 4.44. The van der Waals surface area contributed by atoms with Gasteiger partial charge in [0.25, 0.3) is 0 Å². The molecule has 1 aromatic carbocycles. The highest BCUT2D eigenvalue weighted by Gasteiger charge is 2.29. The molecule has 0 spiro atoms. The number of fused-ring (bicyclic) bond motifs is 1. The van der Waals surface area contributed by atoms with Crippen LogP contribution in [0, 0.1) is 12.7 Å². The fraction of sp³-hybridized carbons (Fsp3) is 0.250. The lowest BCUT2D eigenvalue weighted by Crippen LogP contribution is -2.09. The van der Waals surface area contributed by atoms with Crippen molar-refractivity contribution in [2.45, 2.75) is 23.1 Å². The molecule has 0 bridgehead atoms. The second-order valence-corrected chi connectivity index (χ2v) is 7.44. The van der Waals surface area contributed by atoms with Crippen molar-refractivity contribution in [3.05, 3.63) is 47.5 Å². The van der Waals surface area contributed by atoms with Crippen molar-refractivity contribution in [2.75, 3.05) is 18.9 Å². The molecule has 0 unspecified atom stereocenters. The number of rotatable bonds is 5. The molecule has 3 N–H and O–H groups in total. The second-order valence-electron chi connectivity index (χ2n) is 5.55. The maximum absolute atomic E-state index is 13.5. The quantitative estimate of drug-likeness (QED) is 0.713. The van der Waals surface area contributed by atoms with Gasteiger partial charge in [0.1, 0.15) is 5.82 Å². The molecule has 0 saturated heterocycles. The van der Waals surface area contributed by atoms with E-state index in [1.165, 1.54) is 22.7 Å². The first-order valence-electron chi connectivity index (χ1n) is 7.66. The Morgan fingerprint density at radius 3 is 2.72 bits per heavy atom. The number of anilines is 1. The van der Waals surface area contributed by atoms with Crippen LogP contribution in [0.15, 0.2) is 40.1 Å². The monoisotopic (exact) mass is 363 g/mol. The van der Waals surface area contributed by atoms with Crippen LogP contribution in [0.25, 0.3) is 5.65 Å². The number of aromatic nitrogens is 3. The van der Waals surface area contributed by atoms with Gasteiger partial charge in [-0.2, -0.15) is 0 Å². The fourth-order valence-corrected chi connectivity index (χ4v) is 4.18. The maximum Gasteiger partial charge on any atom is 0.214 e. The van der Waals surface area contributed by atoms with E-state index < -0.39 is 15.7 Å². The number of halogens is 1. The molecule has 0 aliphatic rings. The first-order chi connectivity index (χ1) is 11.9. The number of benzene rings is 1. The Balaban J connectivity index is 2.34. The van der Waals surface area contributed by atoms with Gasteiger partial charge >= 0.3 is 0 Å². The lowest BCUT2D eigenvalue weighted by atomic mass is 10.2. The molecule has 7 nitrogen and oxygen atoms in total. The Labute approximate surface area is 144 Å². The second kappa shape index (κ2) is 6.41. The Morgan fingerprint density at radius 2 is 2.08 bits per heavy atom. The summed E-state index contributed by atoms with van der Waals surface area (Å²) in [6.07, 6.45) is 0.511. The summed E-state index contributed by atoms with van der Waals surface area (Å²) in [4.78, 5) is 4.18. The van der Waals surface area contributed by atoms with Gasteiger partial charge < -0.3 is 11.1 Å². The summed E-state index contributed by atoms with van der Waals surface area (Å²) in [5, 5.41) is 7.07. The lowest BCUT2D eigenvalue weighted by molar-refractivity contribution is 0.591. The Hall–Kier alpha value is -2.52. The van der Waals surface area contributed by atoms with E-state index in [0.29, 0.717) is 18.7 Å². The zero-order valence-electron chi connectivity index (χ0n) is 13.8. The van der Waals surface area contributed by atoms with Crippen LogP contribution < -0.4 is 11.1 Å². The van der Waals surface area contributed by atoms with E-state index in [-0.39, 0.29) is 21.3 Å². The Morgan fingerprint density at radius 1 is 1.32 bits per heavy atom. The number of nitrogens with one attached hydrogen (secondary N) is 1. The molecule has 132 valence electrons. The zero-order chi connectivity index (χ0) is 18.2. The fourth-order valence-electron chi connectivity index (χ4n) is 2.65. The van der Waals surface area contributed by atoms with Crippen molar-refractivity contribution in [2.24, 2.45) is 5.73 Å². The summed E-state index contributed by atoms with van der Waals surface area (Å²) < 4.78 is 41.2. The Bertz CT molecular complexity index is 1050. The largest absolute Gasteiger partial charge is 0.370 e. The van der Waals surface area contributed by atoms with E-state index in [0.717, 1.165) is 11.8 Å². The third kappa shape index (κ3) is 2.96. The summed E-state index contributed by atoms with van der Waals surface area (Å²) >= 11 is 0. The summed E-state index contributed by atoms with van der Waals surface area (Å²) in [7, 11) is -2.44. The molecule has 3 rings (SSSR count). The number of aryl methyl sites for hydroxylation is 1. The molecule has 9 heteroatoms. The van der Waals surface area contributed by atoms with E-state index in [9.17, 15) is 12.8 Å². The van der Waals surface area contributed by atoms with Gasteiger partial charge in [-0.1, -0.05) is 6.07 Å². The number of nitrogens with zero attached hydrogens (tertiary/aromatic N) is 3. The van der Waals surface area contributed by atoms with Gasteiger partial charge in [0.2, 0.25) is 9.84 Å². The van der Waals surface area contributed by atoms with E-state index in [4.69, 9.17) is 5.73 Å². The van der Waals surface area contributed by atoms with Crippen LogP contribution in [0.1, 0.15) is 11.4 Å². The van der Waals surface area contributed by atoms with Crippen LogP contribution in [0.3, 0.4) is 0 Å². The summed E-state index contributed by atoms with van der Waals surface area (Å²) in [5.74, 6) is -0.471. The van der Waals surface area contributed by atoms with Crippen molar-refractivity contribution >= 4 is 21.3 Å². The van der Waals surface area contributed by atoms with Crippen molar-refractivity contribution < 1.29 is 12.8 Å². The van der Waals surface area contributed by atoms with Gasteiger partial charge in [-0.25, -0.2) is 22.3 Å². The number of nitrogens with two attached hydrogens (primary N) is 1.